The number of carboxylic acid groups (broad SMARTS) is 1. The first-order chi connectivity index (χ1) is 18.9. The molecule has 14 heteroatoms. The Morgan fingerprint density at radius 3 is 2.33 bits per heavy atom. The Morgan fingerprint density at radius 1 is 1.05 bits per heavy atom. The van der Waals surface area contributed by atoms with Crippen molar-refractivity contribution in [3.63, 3.8) is 0 Å². The zero-order chi connectivity index (χ0) is 29.2. The first kappa shape index (κ1) is 28.1. The summed E-state index contributed by atoms with van der Waals surface area (Å²) in [4.78, 5) is 63.9. The molecule has 0 aliphatic carbocycles. The third-order valence-electron chi connectivity index (χ3n) is 6.42. The molecule has 210 valence electrons. The molecule has 1 fully saturated rings. The summed E-state index contributed by atoms with van der Waals surface area (Å²) in [7, 11) is 0. The number of hydrogen-bond acceptors (Lipinski definition) is 5. The molecule has 1 aliphatic rings. The Morgan fingerprint density at radius 2 is 1.73 bits per heavy atom. The minimum atomic E-state index is -4.66. The lowest BCUT2D eigenvalue weighted by Crippen LogP contribution is -2.44. The molecule has 4 rings (SSSR count). The van der Waals surface area contributed by atoms with E-state index in [1.807, 2.05) is 0 Å². The van der Waals surface area contributed by atoms with Gasteiger partial charge in [-0.05, 0) is 48.4 Å². The Balaban J connectivity index is 1.81. The molecule has 1 aliphatic heterocycles. The fourth-order valence-electron chi connectivity index (χ4n) is 4.30. The number of hydrogen-bond donors (Lipinski definition) is 3. The molecule has 0 spiro atoms. The molecule has 0 bridgehead atoms. The van der Waals surface area contributed by atoms with Gasteiger partial charge in [-0.3, -0.25) is 28.4 Å². The van der Waals surface area contributed by atoms with Gasteiger partial charge in [-0.25, -0.2) is 9.59 Å². The molecule has 0 radical (unpaired) electrons. The van der Waals surface area contributed by atoms with Crippen molar-refractivity contribution in [3.8, 4) is 5.69 Å². The van der Waals surface area contributed by atoms with Crippen molar-refractivity contribution in [3.05, 3.63) is 91.8 Å². The Bertz CT molecular complexity index is 1590. The number of carbonyl (C=O) groups is 3. The number of nitrogens with zero attached hydrogens (tertiary/aromatic N) is 3. The van der Waals surface area contributed by atoms with Crippen LogP contribution in [0.3, 0.4) is 0 Å². The summed E-state index contributed by atoms with van der Waals surface area (Å²) in [6, 6.07) is 9.18. The lowest BCUT2D eigenvalue weighted by Gasteiger charge is -2.17. The van der Waals surface area contributed by atoms with Gasteiger partial charge in [-0.1, -0.05) is 12.1 Å². The number of rotatable bonds is 8. The van der Waals surface area contributed by atoms with Crippen molar-refractivity contribution in [2.75, 3.05) is 24.5 Å². The van der Waals surface area contributed by atoms with Gasteiger partial charge in [-0.2, -0.15) is 13.2 Å². The molecule has 2 aromatic carbocycles. The standard InChI is InChI=1S/C26H24F3N5O6/c1-15-16(3-2-4-20(15)26(27,28)29)13-34-23(38)19(22(37)30-10-9-21(35)36)14-33(25(34)40)18-7-5-17(6-8-18)32-12-11-31-24(32)39/h2-8,14H,9-13H2,1H3,(H,30,37)(H,31,39)(H,35,36). The zero-order valence-electron chi connectivity index (χ0n) is 21.1. The molecule has 1 aromatic heterocycles. The second kappa shape index (κ2) is 11.1. The molecule has 3 N–H and O–H groups in total. The topological polar surface area (TPSA) is 143 Å². The summed E-state index contributed by atoms with van der Waals surface area (Å²) in [6.45, 7) is 1.25. The third-order valence-corrected chi connectivity index (χ3v) is 6.42. The van der Waals surface area contributed by atoms with Crippen LogP contribution in [0.5, 0.6) is 0 Å². The Kier molecular flexibility index (Phi) is 7.79. The summed E-state index contributed by atoms with van der Waals surface area (Å²) in [5, 5.41) is 13.8. The van der Waals surface area contributed by atoms with Gasteiger partial charge in [0, 0.05) is 31.5 Å². The van der Waals surface area contributed by atoms with Crippen LogP contribution < -0.4 is 26.8 Å². The Labute approximate surface area is 224 Å². The fourth-order valence-corrected chi connectivity index (χ4v) is 4.30. The van der Waals surface area contributed by atoms with Crippen LogP contribution in [-0.2, 0) is 17.5 Å². The summed E-state index contributed by atoms with van der Waals surface area (Å²) >= 11 is 0. The van der Waals surface area contributed by atoms with Gasteiger partial charge in [0.25, 0.3) is 11.5 Å². The van der Waals surface area contributed by atoms with E-state index < -0.39 is 53.4 Å². The summed E-state index contributed by atoms with van der Waals surface area (Å²) < 4.78 is 42.0. The number of amides is 3. The number of alkyl halides is 3. The summed E-state index contributed by atoms with van der Waals surface area (Å²) in [5.41, 5.74) is -2.82. The van der Waals surface area contributed by atoms with E-state index in [0.29, 0.717) is 23.3 Å². The van der Waals surface area contributed by atoms with Crippen LogP contribution in [-0.4, -0.2) is 51.8 Å². The lowest BCUT2D eigenvalue weighted by molar-refractivity contribution is -0.138. The molecule has 0 unspecified atom stereocenters. The molecule has 3 aromatic rings. The number of aliphatic carboxylic acids is 1. The Hall–Kier alpha value is -4.88. The molecule has 1 saturated heterocycles. The first-order valence-corrected chi connectivity index (χ1v) is 12.1. The smallest absolute Gasteiger partial charge is 0.416 e. The van der Waals surface area contributed by atoms with E-state index >= 15 is 0 Å². The number of halogens is 3. The van der Waals surface area contributed by atoms with Gasteiger partial charge in [0.05, 0.1) is 24.2 Å². The number of benzene rings is 2. The van der Waals surface area contributed by atoms with E-state index in [1.165, 1.54) is 30.0 Å². The molecule has 40 heavy (non-hydrogen) atoms. The van der Waals surface area contributed by atoms with Crippen LogP contribution >= 0.6 is 0 Å². The van der Waals surface area contributed by atoms with E-state index in [4.69, 9.17) is 5.11 Å². The predicted octanol–water partition coefficient (Wildman–Crippen LogP) is 2.11. The van der Waals surface area contributed by atoms with E-state index in [1.54, 1.807) is 12.1 Å². The maximum atomic E-state index is 13.5. The minimum absolute atomic E-state index is 0.0411. The van der Waals surface area contributed by atoms with Crippen LogP contribution in [0.25, 0.3) is 5.69 Å². The number of aromatic nitrogens is 2. The van der Waals surface area contributed by atoms with E-state index in [0.717, 1.165) is 22.9 Å². The molecule has 0 atom stereocenters. The second-order valence-electron chi connectivity index (χ2n) is 8.97. The average molecular weight is 560 g/mol. The third kappa shape index (κ3) is 5.75. The van der Waals surface area contributed by atoms with Crippen LogP contribution in [0.15, 0.2) is 58.3 Å². The van der Waals surface area contributed by atoms with Gasteiger partial charge < -0.3 is 15.7 Å². The quantitative estimate of drug-likeness (QED) is 0.386. The van der Waals surface area contributed by atoms with Gasteiger partial charge >= 0.3 is 23.9 Å². The van der Waals surface area contributed by atoms with Crippen LogP contribution in [0.2, 0.25) is 0 Å². The van der Waals surface area contributed by atoms with Crippen molar-refractivity contribution in [1.82, 2.24) is 19.8 Å². The average Bonchev–Trinajstić information content (AvgIpc) is 3.32. The van der Waals surface area contributed by atoms with Gasteiger partial charge in [-0.15, -0.1) is 0 Å². The highest BCUT2D eigenvalue weighted by atomic mass is 19.4. The molecule has 2 heterocycles. The van der Waals surface area contributed by atoms with Crippen LogP contribution in [0.1, 0.15) is 33.5 Å². The van der Waals surface area contributed by atoms with Crippen molar-refractivity contribution in [2.45, 2.75) is 26.1 Å². The first-order valence-electron chi connectivity index (χ1n) is 12.1. The monoisotopic (exact) mass is 559 g/mol. The van der Waals surface area contributed by atoms with Crippen LogP contribution in [0, 0.1) is 6.92 Å². The van der Waals surface area contributed by atoms with Crippen molar-refractivity contribution < 1.29 is 32.7 Å². The van der Waals surface area contributed by atoms with E-state index in [2.05, 4.69) is 10.6 Å². The maximum Gasteiger partial charge on any atom is 0.416 e. The zero-order valence-corrected chi connectivity index (χ0v) is 21.1. The van der Waals surface area contributed by atoms with E-state index in [9.17, 15) is 37.1 Å². The SMILES string of the molecule is Cc1c(Cn2c(=O)c(C(=O)NCCC(=O)O)cn(-c3ccc(N4CCNC4=O)cc3)c2=O)cccc1C(F)(F)F. The predicted molar refractivity (Wildman–Crippen MR) is 137 cm³/mol. The number of carbonyl (C=O) groups excluding carboxylic acids is 2. The van der Waals surface area contributed by atoms with Crippen LogP contribution in [0.4, 0.5) is 23.7 Å². The number of urea groups is 1. The van der Waals surface area contributed by atoms with Gasteiger partial charge in [0.1, 0.15) is 5.56 Å². The summed E-state index contributed by atoms with van der Waals surface area (Å²) in [6.07, 6.45) is -4.09. The maximum absolute atomic E-state index is 13.5. The molecular formula is C26H24F3N5O6. The lowest BCUT2D eigenvalue weighted by atomic mass is 10.0. The van der Waals surface area contributed by atoms with Crippen molar-refractivity contribution in [1.29, 1.82) is 0 Å². The van der Waals surface area contributed by atoms with Gasteiger partial charge in [0.2, 0.25) is 0 Å². The fraction of sp³-hybridized carbons (Fsp3) is 0.269. The largest absolute Gasteiger partial charge is 0.481 e. The second-order valence-corrected chi connectivity index (χ2v) is 8.97. The molecule has 11 nitrogen and oxygen atoms in total. The van der Waals surface area contributed by atoms with Gasteiger partial charge in [0.15, 0.2) is 0 Å². The highest BCUT2D eigenvalue weighted by molar-refractivity contribution is 5.94. The molecule has 0 saturated carbocycles. The number of carboxylic acids is 1. The number of anilines is 1. The highest BCUT2D eigenvalue weighted by Gasteiger charge is 2.33. The molecular weight excluding hydrogens is 535 g/mol. The van der Waals surface area contributed by atoms with Crippen molar-refractivity contribution in [2.24, 2.45) is 0 Å². The van der Waals surface area contributed by atoms with Crippen molar-refractivity contribution >= 4 is 23.6 Å². The molecule has 3 amide bonds. The number of nitrogens with one attached hydrogen (secondary N) is 2. The van der Waals surface area contributed by atoms with E-state index in [-0.39, 0.29) is 29.4 Å². The normalized spacial score (nSPS) is 13.3. The highest BCUT2D eigenvalue weighted by Crippen LogP contribution is 2.33. The summed E-state index contributed by atoms with van der Waals surface area (Å²) in [5.74, 6) is -2.14. The minimum Gasteiger partial charge on any atom is -0.481 e.